The summed E-state index contributed by atoms with van der Waals surface area (Å²) in [6.45, 7) is 0. The van der Waals surface area contributed by atoms with Crippen LogP contribution >= 0.6 is 27.7 Å². The molecule has 0 spiro atoms. The van der Waals surface area contributed by atoms with Gasteiger partial charge >= 0.3 is 0 Å². The minimum atomic E-state index is 0.849. The van der Waals surface area contributed by atoms with Crippen molar-refractivity contribution in [1.82, 2.24) is 0 Å². The summed E-state index contributed by atoms with van der Waals surface area (Å²) in [6.07, 6.45) is 7.07. The van der Waals surface area contributed by atoms with Crippen molar-refractivity contribution in [3.63, 3.8) is 0 Å². The summed E-state index contributed by atoms with van der Waals surface area (Å²) in [6, 6.07) is 6.29. The molecule has 0 bridgehead atoms. The van der Waals surface area contributed by atoms with E-state index in [2.05, 4.69) is 39.8 Å². The maximum absolute atomic E-state index is 5.87. The van der Waals surface area contributed by atoms with Crippen molar-refractivity contribution in [3.8, 4) is 0 Å². The Kier molecular flexibility index (Phi) is 4.59. The molecule has 1 fully saturated rings. The number of nitrogen functional groups attached to an aromatic ring is 1. The average Bonchev–Trinajstić information content (AvgIpc) is 2.32. The topological polar surface area (TPSA) is 26.0 Å². The second-order valence-electron chi connectivity index (χ2n) is 4.43. The molecule has 0 aliphatic heterocycles. The molecule has 3 heteroatoms. The molecule has 0 aromatic heterocycles. The molecular formula is C13H18BrNS. The van der Waals surface area contributed by atoms with Crippen LogP contribution in [-0.2, 0) is 5.75 Å². The third-order valence-electron chi connectivity index (χ3n) is 3.10. The second kappa shape index (κ2) is 5.97. The maximum Gasteiger partial charge on any atom is 0.0461 e. The van der Waals surface area contributed by atoms with Crippen LogP contribution in [0, 0.1) is 0 Å². The van der Waals surface area contributed by atoms with Gasteiger partial charge in [-0.15, -0.1) is 0 Å². The van der Waals surface area contributed by atoms with Crippen LogP contribution in [-0.4, -0.2) is 5.25 Å². The van der Waals surface area contributed by atoms with E-state index in [-0.39, 0.29) is 0 Å². The van der Waals surface area contributed by atoms with Gasteiger partial charge < -0.3 is 5.73 Å². The average molecular weight is 300 g/mol. The lowest BCUT2D eigenvalue weighted by molar-refractivity contribution is 0.516. The Morgan fingerprint density at radius 1 is 1.25 bits per heavy atom. The second-order valence-corrected chi connectivity index (χ2v) is 6.57. The van der Waals surface area contributed by atoms with Crippen molar-refractivity contribution >= 4 is 33.4 Å². The Morgan fingerprint density at radius 2 is 2.00 bits per heavy atom. The molecule has 1 aliphatic carbocycles. The van der Waals surface area contributed by atoms with Gasteiger partial charge in [0, 0.05) is 21.2 Å². The fourth-order valence-electron chi connectivity index (χ4n) is 2.13. The van der Waals surface area contributed by atoms with Crippen LogP contribution in [0.2, 0.25) is 0 Å². The van der Waals surface area contributed by atoms with Crippen molar-refractivity contribution in [2.45, 2.75) is 43.1 Å². The summed E-state index contributed by atoms with van der Waals surface area (Å²) in [5.74, 6) is 1.10. The molecule has 0 radical (unpaired) electrons. The Balaban J connectivity index is 1.86. The fraction of sp³-hybridized carbons (Fsp3) is 0.538. The largest absolute Gasteiger partial charge is 0.398 e. The zero-order valence-corrected chi connectivity index (χ0v) is 11.8. The smallest absolute Gasteiger partial charge is 0.0461 e. The first-order chi connectivity index (χ1) is 7.75. The summed E-state index contributed by atoms with van der Waals surface area (Å²) < 4.78 is 0.999. The van der Waals surface area contributed by atoms with E-state index in [0.29, 0.717) is 0 Å². The molecule has 0 atom stereocenters. The SMILES string of the molecule is Nc1cc(CSC2CCCCC2)ccc1Br. The summed E-state index contributed by atoms with van der Waals surface area (Å²) in [7, 11) is 0. The molecule has 1 aromatic rings. The van der Waals surface area contributed by atoms with Gasteiger partial charge in [-0.1, -0.05) is 25.3 Å². The first-order valence-electron chi connectivity index (χ1n) is 5.91. The monoisotopic (exact) mass is 299 g/mol. The maximum atomic E-state index is 5.87. The van der Waals surface area contributed by atoms with E-state index in [4.69, 9.17) is 5.73 Å². The molecule has 0 amide bonds. The lowest BCUT2D eigenvalue weighted by Gasteiger charge is -2.21. The van der Waals surface area contributed by atoms with Gasteiger partial charge in [0.15, 0.2) is 0 Å². The Bertz CT molecular complexity index is 348. The van der Waals surface area contributed by atoms with Crippen molar-refractivity contribution in [2.75, 3.05) is 5.73 Å². The molecule has 16 heavy (non-hydrogen) atoms. The lowest BCUT2D eigenvalue weighted by atomic mass is 10.0. The van der Waals surface area contributed by atoms with Crippen LogP contribution in [0.3, 0.4) is 0 Å². The molecule has 0 heterocycles. The molecule has 2 N–H and O–H groups in total. The fourth-order valence-corrected chi connectivity index (χ4v) is 3.65. The third-order valence-corrected chi connectivity index (χ3v) is 5.26. The highest BCUT2D eigenvalue weighted by Gasteiger charge is 2.13. The summed E-state index contributed by atoms with van der Waals surface area (Å²) >= 11 is 5.52. The van der Waals surface area contributed by atoms with Gasteiger partial charge in [0.25, 0.3) is 0 Å². The van der Waals surface area contributed by atoms with E-state index in [1.807, 2.05) is 6.07 Å². The standard InChI is InChI=1S/C13H18BrNS/c14-12-7-6-10(8-13(12)15)9-16-11-4-2-1-3-5-11/h6-8,11H,1-5,9,15H2. The third kappa shape index (κ3) is 3.42. The van der Waals surface area contributed by atoms with E-state index in [0.717, 1.165) is 21.2 Å². The highest BCUT2D eigenvalue weighted by molar-refractivity contribution is 9.10. The van der Waals surface area contributed by atoms with E-state index < -0.39 is 0 Å². The first-order valence-corrected chi connectivity index (χ1v) is 7.75. The molecule has 1 aromatic carbocycles. The number of thioether (sulfide) groups is 1. The number of hydrogen-bond acceptors (Lipinski definition) is 2. The van der Waals surface area contributed by atoms with Gasteiger partial charge in [0.05, 0.1) is 0 Å². The normalized spacial score (nSPS) is 17.6. The zero-order valence-electron chi connectivity index (χ0n) is 9.42. The molecule has 1 aliphatic rings. The molecule has 1 saturated carbocycles. The van der Waals surface area contributed by atoms with E-state index >= 15 is 0 Å². The number of anilines is 1. The summed E-state index contributed by atoms with van der Waals surface area (Å²) in [4.78, 5) is 0. The highest BCUT2D eigenvalue weighted by atomic mass is 79.9. The molecule has 88 valence electrons. The van der Waals surface area contributed by atoms with Crippen molar-refractivity contribution in [3.05, 3.63) is 28.2 Å². The molecule has 2 rings (SSSR count). The molecule has 0 unspecified atom stereocenters. The zero-order chi connectivity index (χ0) is 11.4. The Labute approximate surface area is 110 Å². The number of hydrogen-bond donors (Lipinski definition) is 1. The number of benzene rings is 1. The number of halogens is 1. The highest BCUT2D eigenvalue weighted by Crippen LogP contribution is 2.31. The van der Waals surface area contributed by atoms with Gasteiger partial charge in [0.2, 0.25) is 0 Å². The van der Waals surface area contributed by atoms with Gasteiger partial charge in [-0.3, -0.25) is 0 Å². The Hall–Kier alpha value is -0.150. The van der Waals surface area contributed by atoms with Crippen LogP contribution in [0.25, 0.3) is 0 Å². The molecule has 1 nitrogen and oxygen atoms in total. The Morgan fingerprint density at radius 3 is 2.69 bits per heavy atom. The van der Waals surface area contributed by atoms with Crippen molar-refractivity contribution in [2.24, 2.45) is 0 Å². The molecule has 0 saturated heterocycles. The quantitative estimate of drug-likeness (QED) is 0.826. The minimum absolute atomic E-state index is 0.849. The van der Waals surface area contributed by atoms with Crippen LogP contribution < -0.4 is 5.73 Å². The predicted molar refractivity (Wildman–Crippen MR) is 76.7 cm³/mol. The summed E-state index contributed by atoms with van der Waals surface area (Å²) in [5, 5.41) is 0.874. The molecular weight excluding hydrogens is 282 g/mol. The van der Waals surface area contributed by atoms with E-state index in [1.165, 1.54) is 37.7 Å². The number of nitrogens with two attached hydrogens (primary N) is 1. The first kappa shape index (κ1) is 12.3. The lowest BCUT2D eigenvalue weighted by Crippen LogP contribution is -2.08. The van der Waals surface area contributed by atoms with Gasteiger partial charge in [-0.2, -0.15) is 11.8 Å². The van der Waals surface area contributed by atoms with Crippen LogP contribution in [0.4, 0.5) is 5.69 Å². The van der Waals surface area contributed by atoms with Gasteiger partial charge in [-0.05, 0) is 46.5 Å². The van der Waals surface area contributed by atoms with Crippen LogP contribution in [0.5, 0.6) is 0 Å². The van der Waals surface area contributed by atoms with Crippen molar-refractivity contribution in [1.29, 1.82) is 0 Å². The van der Waals surface area contributed by atoms with Crippen LogP contribution in [0.1, 0.15) is 37.7 Å². The van der Waals surface area contributed by atoms with Gasteiger partial charge in [-0.25, -0.2) is 0 Å². The van der Waals surface area contributed by atoms with E-state index in [1.54, 1.807) is 0 Å². The minimum Gasteiger partial charge on any atom is -0.398 e. The summed E-state index contributed by atoms with van der Waals surface area (Å²) in [5.41, 5.74) is 8.07. The number of rotatable bonds is 3. The predicted octanol–water partition coefficient (Wildman–Crippen LogP) is 4.60. The van der Waals surface area contributed by atoms with Gasteiger partial charge in [0.1, 0.15) is 0 Å². The van der Waals surface area contributed by atoms with Crippen LogP contribution in [0.15, 0.2) is 22.7 Å². The van der Waals surface area contributed by atoms with Crippen molar-refractivity contribution < 1.29 is 0 Å². The van der Waals surface area contributed by atoms with E-state index in [9.17, 15) is 0 Å².